The fourth-order valence-electron chi connectivity index (χ4n) is 3.36. The Morgan fingerprint density at radius 2 is 1.88 bits per heavy atom. The Hall–Kier alpha value is -1.30. The Morgan fingerprint density at radius 1 is 1.24 bits per heavy atom. The molecule has 2 aliphatic heterocycles. The quantitative estimate of drug-likeness (QED) is 0.627. The van der Waals surface area contributed by atoms with E-state index in [4.69, 9.17) is 4.74 Å². The molecule has 3 heterocycles. The van der Waals surface area contributed by atoms with Gasteiger partial charge in [0.2, 0.25) is 5.91 Å². The van der Waals surface area contributed by atoms with E-state index in [1.165, 1.54) is 11.3 Å². The van der Waals surface area contributed by atoms with E-state index in [-0.39, 0.29) is 36.0 Å². The average molecular weight is 390 g/mol. The van der Waals surface area contributed by atoms with Crippen LogP contribution in [-0.2, 0) is 21.2 Å². The van der Waals surface area contributed by atoms with E-state index in [1.807, 2.05) is 4.90 Å². The number of methoxy groups -OCH3 is 1. The average Bonchev–Trinajstić information content (AvgIpc) is 3.12. The van der Waals surface area contributed by atoms with Crippen molar-refractivity contribution < 1.29 is 17.9 Å². The first-order valence-corrected chi connectivity index (χ1v) is 10.7. The van der Waals surface area contributed by atoms with Crippen LogP contribution in [0.3, 0.4) is 0 Å². The zero-order valence-electron chi connectivity index (χ0n) is 14.6. The molecule has 0 radical (unpaired) electrons. The number of hydrogen-bond donors (Lipinski definition) is 0. The second-order valence-corrected chi connectivity index (χ2v) is 9.78. The molecule has 1 aromatic rings. The summed E-state index contributed by atoms with van der Waals surface area (Å²) in [6.45, 7) is 2.16. The molecule has 1 amide bonds. The zero-order chi connectivity index (χ0) is 18.2. The lowest BCUT2D eigenvalue weighted by atomic mass is 10.0. The molecule has 11 heteroatoms. The maximum absolute atomic E-state index is 12.2. The van der Waals surface area contributed by atoms with Gasteiger partial charge in [0, 0.05) is 39.3 Å². The molecule has 1 aromatic heterocycles. The monoisotopic (exact) mass is 389 g/mol. The number of sulfone groups is 1. The van der Waals surface area contributed by atoms with E-state index in [0.717, 1.165) is 5.01 Å². The summed E-state index contributed by atoms with van der Waals surface area (Å²) in [6, 6.07) is -0.277. The van der Waals surface area contributed by atoms with Crippen molar-refractivity contribution in [1.29, 1.82) is 0 Å². The molecule has 0 aromatic carbocycles. The number of piperazine rings is 1. The minimum Gasteiger partial charge on any atom is -0.472 e. The van der Waals surface area contributed by atoms with Gasteiger partial charge in [-0.2, -0.15) is 0 Å². The molecule has 3 rings (SSSR count). The molecule has 2 saturated heterocycles. The smallest absolute Gasteiger partial charge is 0.293 e. The first-order chi connectivity index (χ1) is 11.8. The summed E-state index contributed by atoms with van der Waals surface area (Å²) >= 11 is 1.37. The van der Waals surface area contributed by atoms with Crippen LogP contribution in [0.1, 0.15) is 5.01 Å². The lowest BCUT2D eigenvalue weighted by Gasteiger charge is -2.43. The van der Waals surface area contributed by atoms with E-state index in [2.05, 4.69) is 15.1 Å². The van der Waals surface area contributed by atoms with Gasteiger partial charge in [-0.1, -0.05) is 11.3 Å². The van der Waals surface area contributed by atoms with Crippen LogP contribution in [0.5, 0.6) is 5.19 Å². The Labute approximate surface area is 151 Å². The molecule has 0 N–H and O–H groups in total. The minimum absolute atomic E-state index is 0.00893. The molecular formula is C14H23N5O4S2. The number of amides is 1. The normalized spacial score (nSPS) is 26.4. The number of rotatable bonds is 5. The van der Waals surface area contributed by atoms with E-state index < -0.39 is 9.84 Å². The van der Waals surface area contributed by atoms with Crippen LogP contribution in [0.15, 0.2) is 0 Å². The van der Waals surface area contributed by atoms with Crippen molar-refractivity contribution in [3.63, 3.8) is 0 Å². The van der Waals surface area contributed by atoms with Crippen LogP contribution in [0.4, 0.5) is 0 Å². The molecule has 2 atom stereocenters. The highest BCUT2D eigenvalue weighted by Crippen LogP contribution is 2.29. The van der Waals surface area contributed by atoms with E-state index in [0.29, 0.717) is 24.8 Å². The third kappa shape index (κ3) is 4.10. The first-order valence-electron chi connectivity index (χ1n) is 8.04. The van der Waals surface area contributed by atoms with Crippen LogP contribution in [-0.4, -0.2) is 104 Å². The summed E-state index contributed by atoms with van der Waals surface area (Å²) < 4.78 is 29.5. The van der Waals surface area contributed by atoms with Gasteiger partial charge in [0.15, 0.2) is 9.84 Å². The molecular weight excluding hydrogens is 366 g/mol. The van der Waals surface area contributed by atoms with Crippen molar-refractivity contribution in [3.8, 4) is 5.19 Å². The molecule has 0 saturated carbocycles. The van der Waals surface area contributed by atoms with Crippen molar-refractivity contribution in [2.75, 3.05) is 52.3 Å². The Balaban J connectivity index is 1.74. The van der Waals surface area contributed by atoms with Crippen molar-refractivity contribution >= 4 is 27.1 Å². The third-order valence-corrected chi connectivity index (χ3v) is 7.27. The van der Waals surface area contributed by atoms with Gasteiger partial charge in [-0.15, -0.1) is 10.2 Å². The SMILES string of the molecule is COc1nnc(CN2CCN(CC(=O)N(C)C)[C@@H]3CS(=O)(=O)C[C@@H]32)s1. The topological polar surface area (TPSA) is 95.9 Å². The second-order valence-electron chi connectivity index (χ2n) is 6.61. The van der Waals surface area contributed by atoms with E-state index >= 15 is 0 Å². The maximum Gasteiger partial charge on any atom is 0.293 e. The Morgan fingerprint density at radius 3 is 2.48 bits per heavy atom. The molecule has 0 bridgehead atoms. The van der Waals surface area contributed by atoms with Gasteiger partial charge in [-0.3, -0.25) is 14.6 Å². The summed E-state index contributed by atoms with van der Waals surface area (Å²) in [5, 5.41) is 9.33. The molecule has 25 heavy (non-hydrogen) atoms. The van der Waals surface area contributed by atoms with Gasteiger partial charge < -0.3 is 9.64 Å². The molecule has 0 aliphatic carbocycles. The number of fused-ring (bicyclic) bond motifs is 1. The van der Waals surface area contributed by atoms with Crippen molar-refractivity contribution in [2.45, 2.75) is 18.6 Å². The number of aromatic nitrogens is 2. The van der Waals surface area contributed by atoms with Gasteiger partial charge in [-0.25, -0.2) is 8.42 Å². The summed E-state index contributed by atoms with van der Waals surface area (Å²) in [5.41, 5.74) is 0. The fraction of sp³-hybridized carbons (Fsp3) is 0.786. The molecule has 2 aliphatic rings. The summed E-state index contributed by atoms with van der Waals surface area (Å²) in [5.74, 6) is 0.222. The summed E-state index contributed by atoms with van der Waals surface area (Å²) in [4.78, 5) is 17.8. The molecule has 140 valence electrons. The number of ether oxygens (including phenoxy) is 1. The van der Waals surface area contributed by atoms with Gasteiger partial charge in [-0.05, 0) is 0 Å². The van der Waals surface area contributed by atoms with Gasteiger partial charge >= 0.3 is 0 Å². The first kappa shape index (κ1) is 18.5. The summed E-state index contributed by atoms with van der Waals surface area (Å²) in [7, 11) is 1.86. The molecule has 0 spiro atoms. The van der Waals surface area contributed by atoms with Gasteiger partial charge in [0.05, 0.1) is 31.7 Å². The van der Waals surface area contributed by atoms with Crippen LogP contribution in [0.25, 0.3) is 0 Å². The predicted octanol–water partition coefficient (Wildman–Crippen LogP) is -1.08. The Bertz CT molecular complexity index is 735. The molecule has 9 nitrogen and oxygen atoms in total. The lowest BCUT2D eigenvalue weighted by molar-refractivity contribution is -0.131. The highest BCUT2D eigenvalue weighted by Gasteiger charge is 2.47. The largest absolute Gasteiger partial charge is 0.472 e. The number of nitrogens with zero attached hydrogens (tertiary/aromatic N) is 5. The highest BCUT2D eigenvalue weighted by molar-refractivity contribution is 7.91. The van der Waals surface area contributed by atoms with E-state index in [9.17, 15) is 13.2 Å². The van der Waals surface area contributed by atoms with Crippen LogP contribution >= 0.6 is 11.3 Å². The van der Waals surface area contributed by atoms with Gasteiger partial charge in [0.1, 0.15) is 5.01 Å². The van der Waals surface area contributed by atoms with Crippen LogP contribution < -0.4 is 4.74 Å². The molecule has 2 fully saturated rings. The molecule has 0 unspecified atom stereocenters. The second kappa shape index (κ2) is 7.14. The zero-order valence-corrected chi connectivity index (χ0v) is 16.2. The van der Waals surface area contributed by atoms with E-state index in [1.54, 1.807) is 26.1 Å². The number of likely N-dealkylation sites (N-methyl/N-ethyl adjacent to an activating group) is 1. The van der Waals surface area contributed by atoms with Crippen molar-refractivity contribution in [2.24, 2.45) is 0 Å². The number of carbonyl (C=O) groups is 1. The lowest BCUT2D eigenvalue weighted by Crippen LogP contribution is -2.60. The highest BCUT2D eigenvalue weighted by atomic mass is 32.2. The third-order valence-electron chi connectivity index (χ3n) is 4.70. The van der Waals surface area contributed by atoms with Crippen LogP contribution in [0, 0.1) is 0 Å². The number of carbonyl (C=O) groups excluding carboxylic acids is 1. The van der Waals surface area contributed by atoms with Gasteiger partial charge in [0.25, 0.3) is 5.19 Å². The Kier molecular flexibility index (Phi) is 5.28. The van der Waals surface area contributed by atoms with Crippen LogP contribution in [0.2, 0.25) is 0 Å². The standard InChI is InChI=1S/C14H23N5O4S2/c1-17(2)13(20)7-19-5-4-18(6-12-15-16-14(23-3)24-12)10-8-25(21,22)9-11(10)19/h10-11H,4-9H2,1-3H3/t10-,11+/m0/s1. The maximum atomic E-state index is 12.2. The fourth-order valence-corrected chi connectivity index (χ4v) is 6.08. The van der Waals surface area contributed by atoms with Crippen molar-refractivity contribution in [1.82, 2.24) is 24.9 Å². The predicted molar refractivity (Wildman–Crippen MR) is 93.4 cm³/mol. The minimum atomic E-state index is -3.11. The number of hydrogen-bond acceptors (Lipinski definition) is 9. The summed E-state index contributed by atoms with van der Waals surface area (Å²) in [6.07, 6.45) is 0. The van der Waals surface area contributed by atoms with Crippen molar-refractivity contribution in [3.05, 3.63) is 5.01 Å².